The van der Waals surface area contributed by atoms with Crippen molar-refractivity contribution in [1.29, 1.82) is 0 Å². The smallest absolute Gasteiger partial charge is 0.220 e. The molecule has 0 radical (unpaired) electrons. The van der Waals surface area contributed by atoms with Gasteiger partial charge in [0.1, 0.15) is 0 Å². The lowest BCUT2D eigenvalue weighted by Gasteiger charge is -2.41. The van der Waals surface area contributed by atoms with E-state index in [1.807, 2.05) is 20.9 Å². The van der Waals surface area contributed by atoms with Gasteiger partial charge in [0.05, 0.1) is 13.2 Å². The number of ether oxygens (including phenoxy) is 2. The Morgan fingerprint density at radius 2 is 1.60 bits per heavy atom. The average Bonchev–Trinajstić information content (AvgIpc) is 2.34. The van der Waals surface area contributed by atoms with E-state index in [1.165, 1.54) is 0 Å². The summed E-state index contributed by atoms with van der Waals surface area (Å²) in [6.45, 7) is 12.5. The van der Waals surface area contributed by atoms with E-state index < -0.39 is 5.79 Å². The van der Waals surface area contributed by atoms with Gasteiger partial charge in [0.25, 0.3) is 0 Å². The Morgan fingerprint density at radius 3 is 2.05 bits per heavy atom. The van der Waals surface area contributed by atoms with E-state index in [2.05, 4.69) is 31.4 Å². The van der Waals surface area contributed by atoms with Crippen molar-refractivity contribution < 1.29 is 14.3 Å². The Kier molecular flexibility index (Phi) is 9.01. The third-order valence-corrected chi connectivity index (χ3v) is 3.37. The van der Waals surface area contributed by atoms with E-state index in [1.54, 1.807) is 0 Å². The highest BCUT2D eigenvalue weighted by Crippen LogP contribution is 2.34. The summed E-state index contributed by atoms with van der Waals surface area (Å²) in [5.41, 5.74) is -0.145. The second-order valence-corrected chi connectivity index (χ2v) is 6.10. The van der Waals surface area contributed by atoms with E-state index in [0.717, 1.165) is 13.0 Å². The van der Waals surface area contributed by atoms with Crippen LogP contribution in [0.3, 0.4) is 0 Å². The summed E-state index contributed by atoms with van der Waals surface area (Å²) < 4.78 is 11.8. The summed E-state index contributed by atoms with van der Waals surface area (Å²) in [6.07, 6.45) is 1.43. The highest BCUT2D eigenvalue weighted by molar-refractivity contribution is 5.75. The van der Waals surface area contributed by atoms with E-state index in [0.29, 0.717) is 26.2 Å². The van der Waals surface area contributed by atoms with E-state index in [-0.39, 0.29) is 11.3 Å². The lowest BCUT2D eigenvalue weighted by Crippen LogP contribution is -2.47. The molecule has 0 aliphatic carbocycles. The molecule has 0 aliphatic rings. The molecule has 1 unspecified atom stereocenters. The summed E-state index contributed by atoms with van der Waals surface area (Å²) in [5.74, 6) is -0.594. The molecular weight excluding hydrogens is 256 g/mol. The lowest BCUT2D eigenvalue weighted by atomic mass is 9.86. The van der Waals surface area contributed by atoms with E-state index >= 15 is 0 Å². The molecule has 0 aromatic rings. The van der Waals surface area contributed by atoms with Gasteiger partial charge in [-0.3, -0.25) is 4.79 Å². The predicted molar refractivity (Wildman–Crippen MR) is 81.6 cm³/mol. The van der Waals surface area contributed by atoms with Crippen molar-refractivity contribution in [2.45, 2.75) is 53.2 Å². The maximum Gasteiger partial charge on any atom is 0.220 e. The molecule has 0 aliphatic heterocycles. The summed E-state index contributed by atoms with van der Waals surface area (Å²) in [4.78, 5) is 11.4. The van der Waals surface area contributed by atoms with Crippen LogP contribution in [0.2, 0.25) is 0 Å². The highest BCUT2D eigenvalue weighted by atomic mass is 16.7. The Labute approximate surface area is 123 Å². The SMILES string of the molecule is CCCC(=O)NCCOC(C)(OCCNC)C(C)(C)C. The predicted octanol–water partition coefficient (Wildman–Crippen LogP) is 1.92. The Morgan fingerprint density at radius 1 is 1.05 bits per heavy atom. The second-order valence-electron chi connectivity index (χ2n) is 6.10. The van der Waals surface area contributed by atoms with Crippen LogP contribution in [0.1, 0.15) is 47.5 Å². The van der Waals surface area contributed by atoms with Gasteiger partial charge in [0, 0.05) is 24.9 Å². The van der Waals surface area contributed by atoms with Crippen molar-refractivity contribution in [2.24, 2.45) is 5.41 Å². The van der Waals surface area contributed by atoms with Crippen molar-refractivity contribution in [2.75, 3.05) is 33.4 Å². The van der Waals surface area contributed by atoms with Gasteiger partial charge in [-0.25, -0.2) is 0 Å². The van der Waals surface area contributed by atoms with Crippen molar-refractivity contribution in [3.05, 3.63) is 0 Å². The van der Waals surface area contributed by atoms with Gasteiger partial charge in [-0.1, -0.05) is 27.7 Å². The van der Waals surface area contributed by atoms with E-state index in [4.69, 9.17) is 9.47 Å². The maximum atomic E-state index is 11.4. The third kappa shape index (κ3) is 7.22. The van der Waals surface area contributed by atoms with Crippen LogP contribution in [0.25, 0.3) is 0 Å². The first-order chi connectivity index (χ1) is 9.27. The van der Waals surface area contributed by atoms with Crippen LogP contribution in [-0.4, -0.2) is 45.0 Å². The van der Waals surface area contributed by atoms with Gasteiger partial charge in [0.15, 0.2) is 5.79 Å². The van der Waals surface area contributed by atoms with Gasteiger partial charge in [-0.15, -0.1) is 0 Å². The summed E-state index contributed by atoms with van der Waals surface area (Å²) in [6, 6.07) is 0. The molecule has 0 rings (SSSR count). The normalized spacial score (nSPS) is 14.9. The first kappa shape index (κ1) is 19.4. The minimum Gasteiger partial charge on any atom is -0.354 e. The van der Waals surface area contributed by atoms with Crippen molar-refractivity contribution in [1.82, 2.24) is 10.6 Å². The van der Waals surface area contributed by atoms with Crippen LogP contribution in [0.5, 0.6) is 0 Å². The minimum atomic E-state index is -0.667. The molecule has 0 bridgehead atoms. The molecule has 5 nitrogen and oxygen atoms in total. The van der Waals surface area contributed by atoms with Crippen molar-refractivity contribution in [3.63, 3.8) is 0 Å². The second kappa shape index (κ2) is 9.32. The van der Waals surface area contributed by atoms with Gasteiger partial charge >= 0.3 is 0 Å². The molecule has 1 atom stereocenters. The number of likely N-dealkylation sites (N-methyl/N-ethyl adjacent to an activating group) is 1. The lowest BCUT2D eigenvalue weighted by molar-refractivity contribution is -0.276. The third-order valence-electron chi connectivity index (χ3n) is 3.37. The summed E-state index contributed by atoms with van der Waals surface area (Å²) in [7, 11) is 1.89. The highest BCUT2D eigenvalue weighted by Gasteiger charge is 2.39. The van der Waals surface area contributed by atoms with Crippen molar-refractivity contribution in [3.8, 4) is 0 Å². The molecule has 0 spiro atoms. The standard InChI is InChI=1S/C15H32N2O3/c1-7-8-13(18)17-10-12-20-15(5,14(2,3)4)19-11-9-16-6/h16H,7-12H2,1-6H3,(H,17,18). The van der Waals surface area contributed by atoms with Crippen LogP contribution in [0.4, 0.5) is 0 Å². The summed E-state index contributed by atoms with van der Waals surface area (Å²) in [5, 5.41) is 5.89. The fraction of sp³-hybridized carbons (Fsp3) is 0.933. The zero-order chi connectivity index (χ0) is 15.6. The first-order valence-electron chi connectivity index (χ1n) is 7.46. The quantitative estimate of drug-likeness (QED) is 0.476. The number of amides is 1. The molecule has 1 amide bonds. The summed E-state index contributed by atoms with van der Waals surface area (Å²) >= 11 is 0. The van der Waals surface area contributed by atoms with Gasteiger partial charge in [-0.2, -0.15) is 0 Å². The molecule has 0 heterocycles. The molecular formula is C15H32N2O3. The maximum absolute atomic E-state index is 11.4. The van der Waals surface area contributed by atoms with Gasteiger partial charge in [0.2, 0.25) is 5.91 Å². The Balaban J connectivity index is 4.20. The molecule has 0 saturated carbocycles. The minimum absolute atomic E-state index is 0.0738. The van der Waals surface area contributed by atoms with Crippen molar-refractivity contribution >= 4 is 5.91 Å². The zero-order valence-corrected chi connectivity index (χ0v) is 14.0. The van der Waals surface area contributed by atoms with Crippen LogP contribution >= 0.6 is 0 Å². The number of nitrogens with one attached hydrogen (secondary N) is 2. The number of hydrogen-bond acceptors (Lipinski definition) is 4. The fourth-order valence-corrected chi connectivity index (χ4v) is 1.57. The molecule has 0 aromatic carbocycles. The molecule has 2 N–H and O–H groups in total. The Hall–Kier alpha value is -0.650. The molecule has 5 heteroatoms. The number of carbonyl (C=O) groups is 1. The van der Waals surface area contributed by atoms with Crippen LogP contribution in [0, 0.1) is 5.41 Å². The number of hydrogen-bond donors (Lipinski definition) is 2. The van der Waals surface area contributed by atoms with E-state index in [9.17, 15) is 4.79 Å². The number of carbonyl (C=O) groups excluding carboxylic acids is 1. The fourth-order valence-electron chi connectivity index (χ4n) is 1.57. The topological polar surface area (TPSA) is 59.6 Å². The number of rotatable bonds is 10. The molecule has 0 saturated heterocycles. The first-order valence-corrected chi connectivity index (χ1v) is 7.46. The van der Waals surface area contributed by atoms with Crippen LogP contribution in [0.15, 0.2) is 0 Å². The van der Waals surface area contributed by atoms with Gasteiger partial charge in [-0.05, 0) is 20.4 Å². The largest absolute Gasteiger partial charge is 0.354 e. The van der Waals surface area contributed by atoms with Crippen LogP contribution in [-0.2, 0) is 14.3 Å². The average molecular weight is 288 g/mol. The molecule has 0 fully saturated rings. The molecule has 120 valence electrons. The zero-order valence-electron chi connectivity index (χ0n) is 14.0. The Bertz CT molecular complexity index is 277. The molecule has 20 heavy (non-hydrogen) atoms. The van der Waals surface area contributed by atoms with Crippen LogP contribution < -0.4 is 10.6 Å². The molecule has 0 aromatic heterocycles. The monoisotopic (exact) mass is 288 g/mol. The van der Waals surface area contributed by atoms with Gasteiger partial charge < -0.3 is 20.1 Å².